The van der Waals surface area contributed by atoms with Gasteiger partial charge in [0.05, 0.1) is 23.8 Å². The summed E-state index contributed by atoms with van der Waals surface area (Å²) < 4.78 is 7.70. The van der Waals surface area contributed by atoms with Gasteiger partial charge in [0.15, 0.2) is 11.4 Å². The first-order valence-corrected chi connectivity index (χ1v) is 10.9. The van der Waals surface area contributed by atoms with Crippen molar-refractivity contribution in [3.8, 4) is 11.5 Å². The van der Waals surface area contributed by atoms with Crippen LogP contribution in [0.5, 0.6) is 11.5 Å². The number of amides is 1. The summed E-state index contributed by atoms with van der Waals surface area (Å²) in [5, 5.41) is 8.24. The van der Waals surface area contributed by atoms with Gasteiger partial charge in [-0.25, -0.2) is 9.97 Å². The topological polar surface area (TPSA) is 88.4 Å². The van der Waals surface area contributed by atoms with Crippen LogP contribution in [0.15, 0.2) is 67.1 Å². The van der Waals surface area contributed by atoms with Crippen molar-refractivity contribution in [1.29, 1.82) is 0 Å². The van der Waals surface area contributed by atoms with Crippen LogP contribution in [0.3, 0.4) is 0 Å². The number of para-hydroxylation sites is 3. The van der Waals surface area contributed by atoms with E-state index in [2.05, 4.69) is 30.2 Å². The minimum Gasteiger partial charge on any atom is -0.455 e. The molecule has 5 rings (SSSR count). The highest BCUT2D eigenvalue weighted by Crippen LogP contribution is 2.29. The van der Waals surface area contributed by atoms with Crippen LogP contribution in [0, 0.1) is 0 Å². The molecule has 4 aromatic rings. The lowest BCUT2D eigenvalue weighted by atomic mass is 10.2. The van der Waals surface area contributed by atoms with E-state index in [0.29, 0.717) is 18.0 Å². The van der Waals surface area contributed by atoms with Crippen LogP contribution in [0.4, 0.5) is 11.5 Å². The second-order valence-electron chi connectivity index (χ2n) is 7.93. The Kier molecular flexibility index (Phi) is 5.86. The van der Waals surface area contributed by atoms with Gasteiger partial charge in [0.2, 0.25) is 5.91 Å². The van der Waals surface area contributed by atoms with Crippen LogP contribution in [-0.4, -0.2) is 63.3 Å². The number of benzene rings is 2. The molecule has 3 heterocycles. The molecule has 9 heteroatoms. The largest absolute Gasteiger partial charge is 0.455 e. The summed E-state index contributed by atoms with van der Waals surface area (Å²) in [6, 6.07) is 17.0. The summed E-state index contributed by atoms with van der Waals surface area (Å²) >= 11 is 0. The molecule has 0 atom stereocenters. The molecule has 2 aromatic carbocycles. The lowest BCUT2D eigenvalue weighted by Crippen LogP contribution is -2.49. The first-order valence-electron chi connectivity index (χ1n) is 10.9. The fourth-order valence-corrected chi connectivity index (χ4v) is 3.99. The summed E-state index contributed by atoms with van der Waals surface area (Å²) in [5.74, 6) is 2.17. The third-order valence-corrected chi connectivity index (χ3v) is 5.68. The van der Waals surface area contributed by atoms with Crippen LogP contribution < -0.4 is 15.0 Å². The number of carbonyl (C=O) groups excluding carboxylic acids is 1. The molecule has 0 saturated carbocycles. The summed E-state index contributed by atoms with van der Waals surface area (Å²) in [4.78, 5) is 25.9. The average Bonchev–Trinajstić information content (AvgIpc) is 3.22. The number of piperazine rings is 1. The highest BCUT2D eigenvalue weighted by molar-refractivity contribution is 5.93. The van der Waals surface area contributed by atoms with Crippen LogP contribution in [0.2, 0.25) is 0 Å². The molecule has 1 fully saturated rings. The van der Waals surface area contributed by atoms with Crippen molar-refractivity contribution in [1.82, 2.24) is 24.6 Å². The number of fused-ring (bicyclic) bond motifs is 1. The quantitative estimate of drug-likeness (QED) is 0.490. The first-order chi connectivity index (χ1) is 16.2. The standard InChI is InChI=1S/C24H25N7O2/c1-29-23-19(15-27-29)24(26-17-25-23)31-13-11-30(12-14-31)16-22(32)28-20-9-5-6-10-21(20)33-18-7-3-2-4-8-18/h2-10,15,17H,11-14,16H2,1H3,(H,28,32). The number of aryl methyl sites for hydroxylation is 1. The molecule has 0 aliphatic carbocycles. The van der Waals surface area contributed by atoms with E-state index in [-0.39, 0.29) is 5.91 Å². The third kappa shape index (κ3) is 4.63. The maximum Gasteiger partial charge on any atom is 0.238 e. The molecule has 33 heavy (non-hydrogen) atoms. The second-order valence-corrected chi connectivity index (χ2v) is 7.93. The van der Waals surface area contributed by atoms with Crippen molar-refractivity contribution in [3.63, 3.8) is 0 Å². The smallest absolute Gasteiger partial charge is 0.238 e. The summed E-state index contributed by atoms with van der Waals surface area (Å²) in [6.45, 7) is 3.41. The van der Waals surface area contributed by atoms with Crippen LogP contribution in [-0.2, 0) is 11.8 Å². The molecule has 2 aromatic heterocycles. The number of aromatic nitrogens is 4. The Labute approximate surface area is 191 Å². The number of nitrogens with one attached hydrogen (secondary N) is 1. The average molecular weight is 444 g/mol. The molecule has 1 saturated heterocycles. The van der Waals surface area contributed by atoms with E-state index < -0.39 is 0 Å². The molecule has 168 valence electrons. The van der Waals surface area contributed by atoms with E-state index in [1.54, 1.807) is 17.2 Å². The van der Waals surface area contributed by atoms with E-state index in [0.717, 1.165) is 48.8 Å². The summed E-state index contributed by atoms with van der Waals surface area (Å²) in [7, 11) is 1.87. The Morgan fingerprint density at radius 2 is 1.76 bits per heavy atom. The van der Waals surface area contributed by atoms with Crippen molar-refractivity contribution in [2.75, 3.05) is 42.9 Å². The molecule has 9 nitrogen and oxygen atoms in total. The number of ether oxygens (including phenoxy) is 1. The SMILES string of the molecule is Cn1ncc2c(N3CCN(CC(=O)Nc4ccccc4Oc4ccccc4)CC3)ncnc21. The predicted octanol–water partition coefficient (Wildman–Crippen LogP) is 2.92. The zero-order valence-electron chi connectivity index (χ0n) is 18.4. The number of nitrogens with zero attached hydrogens (tertiary/aromatic N) is 6. The minimum absolute atomic E-state index is 0.0655. The van der Waals surface area contributed by atoms with Gasteiger partial charge < -0.3 is 15.0 Å². The Morgan fingerprint density at radius 1 is 1.00 bits per heavy atom. The van der Waals surface area contributed by atoms with Gasteiger partial charge in [-0.05, 0) is 24.3 Å². The molecule has 0 spiro atoms. The van der Waals surface area contributed by atoms with E-state index in [4.69, 9.17) is 4.74 Å². The van der Waals surface area contributed by atoms with Gasteiger partial charge in [-0.15, -0.1) is 0 Å². The number of hydrogen-bond acceptors (Lipinski definition) is 7. The third-order valence-electron chi connectivity index (χ3n) is 5.68. The van der Waals surface area contributed by atoms with Crippen LogP contribution in [0.25, 0.3) is 11.0 Å². The van der Waals surface area contributed by atoms with Gasteiger partial charge in [0, 0.05) is 33.2 Å². The maximum absolute atomic E-state index is 12.8. The Balaban J connectivity index is 1.19. The highest BCUT2D eigenvalue weighted by Gasteiger charge is 2.22. The molecule has 0 unspecified atom stereocenters. The van der Waals surface area contributed by atoms with Gasteiger partial charge in [0.25, 0.3) is 0 Å². The Hall–Kier alpha value is -3.98. The fourth-order valence-electron chi connectivity index (χ4n) is 3.99. The predicted molar refractivity (Wildman–Crippen MR) is 127 cm³/mol. The lowest BCUT2D eigenvalue weighted by Gasteiger charge is -2.35. The molecule has 0 bridgehead atoms. The van der Waals surface area contributed by atoms with E-state index in [1.165, 1.54) is 0 Å². The van der Waals surface area contributed by atoms with E-state index in [9.17, 15) is 4.79 Å². The molecular formula is C24H25N7O2. The van der Waals surface area contributed by atoms with Gasteiger partial charge in [0.1, 0.15) is 17.9 Å². The number of carbonyl (C=O) groups is 1. The van der Waals surface area contributed by atoms with Gasteiger partial charge in [-0.1, -0.05) is 30.3 Å². The van der Waals surface area contributed by atoms with Gasteiger partial charge in [-0.2, -0.15) is 5.10 Å². The molecular weight excluding hydrogens is 418 g/mol. The van der Waals surface area contributed by atoms with Crippen molar-refractivity contribution in [3.05, 3.63) is 67.1 Å². The van der Waals surface area contributed by atoms with Crippen molar-refractivity contribution in [2.45, 2.75) is 0 Å². The van der Waals surface area contributed by atoms with Crippen molar-refractivity contribution in [2.24, 2.45) is 7.05 Å². The number of anilines is 2. The zero-order chi connectivity index (χ0) is 22.6. The molecule has 0 radical (unpaired) electrons. The minimum atomic E-state index is -0.0655. The molecule has 1 aliphatic heterocycles. The van der Waals surface area contributed by atoms with Crippen molar-refractivity contribution >= 4 is 28.4 Å². The maximum atomic E-state index is 12.8. The fraction of sp³-hybridized carbons (Fsp3) is 0.250. The molecule has 1 N–H and O–H groups in total. The lowest BCUT2D eigenvalue weighted by molar-refractivity contribution is -0.117. The zero-order valence-corrected chi connectivity index (χ0v) is 18.4. The van der Waals surface area contributed by atoms with E-state index >= 15 is 0 Å². The molecule has 1 aliphatic rings. The van der Waals surface area contributed by atoms with Crippen molar-refractivity contribution < 1.29 is 9.53 Å². The Bertz CT molecular complexity index is 1250. The highest BCUT2D eigenvalue weighted by atomic mass is 16.5. The van der Waals surface area contributed by atoms with Crippen LogP contribution in [0.1, 0.15) is 0 Å². The van der Waals surface area contributed by atoms with Crippen LogP contribution >= 0.6 is 0 Å². The normalized spacial score (nSPS) is 14.4. The number of rotatable bonds is 6. The van der Waals surface area contributed by atoms with Gasteiger partial charge in [-0.3, -0.25) is 14.4 Å². The number of hydrogen-bond donors (Lipinski definition) is 1. The Morgan fingerprint density at radius 3 is 2.58 bits per heavy atom. The summed E-state index contributed by atoms with van der Waals surface area (Å²) in [5.41, 5.74) is 1.48. The second kappa shape index (κ2) is 9.25. The molecule has 1 amide bonds. The van der Waals surface area contributed by atoms with E-state index in [1.807, 2.05) is 61.6 Å². The first kappa shape index (κ1) is 20.9. The van der Waals surface area contributed by atoms with Gasteiger partial charge >= 0.3 is 0 Å². The summed E-state index contributed by atoms with van der Waals surface area (Å²) in [6.07, 6.45) is 3.38. The monoisotopic (exact) mass is 443 g/mol.